The van der Waals surface area contributed by atoms with E-state index in [0.717, 1.165) is 24.3 Å². The Hall–Kier alpha value is -5.42. The molecule has 0 bridgehead atoms. The van der Waals surface area contributed by atoms with Crippen molar-refractivity contribution in [3.63, 3.8) is 0 Å². The monoisotopic (exact) mass is 658 g/mol. The van der Waals surface area contributed by atoms with Crippen molar-refractivity contribution in [2.45, 2.75) is 30.7 Å². The molecular formula is C31H30O16. The number of aliphatic hydroxyl groups excluding tert-OH is 3. The van der Waals surface area contributed by atoms with Gasteiger partial charge >= 0.3 is 5.97 Å². The number of phenols is 4. The van der Waals surface area contributed by atoms with Crippen LogP contribution in [0.25, 0.3) is 22.3 Å². The summed E-state index contributed by atoms with van der Waals surface area (Å²) >= 11 is 0. The van der Waals surface area contributed by atoms with Crippen LogP contribution in [0.2, 0.25) is 0 Å². The lowest BCUT2D eigenvalue weighted by Crippen LogP contribution is -2.60. The molecule has 5 atom stereocenters. The Bertz CT molecular complexity index is 1840. The first-order chi connectivity index (χ1) is 22.4. The second-order valence-electron chi connectivity index (χ2n) is 10.3. The van der Waals surface area contributed by atoms with Gasteiger partial charge in [0.05, 0.1) is 26.9 Å². The minimum atomic E-state index is -1.98. The number of carbonyl (C=O) groups excluding carboxylic acids is 1. The van der Waals surface area contributed by atoms with E-state index in [1.54, 1.807) is 0 Å². The lowest BCUT2D eigenvalue weighted by Gasteiger charge is -2.39. The Morgan fingerprint density at radius 3 is 2.09 bits per heavy atom. The van der Waals surface area contributed by atoms with Crippen LogP contribution in [0.3, 0.4) is 0 Å². The average Bonchev–Trinajstić information content (AvgIpc) is 3.05. The van der Waals surface area contributed by atoms with E-state index in [4.69, 9.17) is 32.8 Å². The molecule has 4 aromatic rings. The molecule has 1 aliphatic rings. The van der Waals surface area contributed by atoms with Crippen molar-refractivity contribution in [2.75, 3.05) is 27.9 Å². The molecule has 1 fully saturated rings. The maximum atomic E-state index is 13.7. The molecule has 0 unspecified atom stereocenters. The van der Waals surface area contributed by atoms with Gasteiger partial charge in [-0.2, -0.15) is 0 Å². The molecule has 0 aliphatic carbocycles. The highest BCUT2D eigenvalue weighted by Crippen LogP contribution is 2.40. The number of rotatable bonds is 9. The first-order valence-electron chi connectivity index (χ1n) is 13.8. The van der Waals surface area contributed by atoms with Crippen LogP contribution >= 0.6 is 0 Å². The van der Waals surface area contributed by atoms with Gasteiger partial charge in [-0.25, -0.2) is 4.79 Å². The number of esters is 1. The van der Waals surface area contributed by atoms with Crippen molar-refractivity contribution in [2.24, 2.45) is 0 Å². The number of hydrogen-bond acceptors (Lipinski definition) is 16. The van der Waals surface area contributed by atoms with Crippen molar-refractivity contribution >= 4 is 16.9 Å². The van der Waals surface area contributed by atoms with Crippen LogP contribution in [0, 0.1) is 0 Å². The number of methoxy groups -OCH3 is 3. The molecule has 0 amide bonds. The second kappa shape index (κ2) is 13.1. The summed E-state index contributed by atoms with van der Waals surface area (Å²) in [4.78, 5) is 26.6. The molecule has 250 valence electrons. The predicted molar refractivity (Wildman–Crippen MR) is 158 cm³/mol. The maximum absolute atomic E-state index is 13.7. The van der Waals surface area contributed by atoms with Crippen LogP contribution in [0.5, 0.6) is 46.0 Å². The van der Waals surface area contributed by atoms with Crippen molar-refractivity contribution < 1.29 is 73.4 Å². The number of aromatic hydroxyl groups is 4. The number of benzene rings is 3. The van der Waals surface area contributed by atoms with Gasteiger partial charge in [-0.3, -0.25) is 4.79 Å². The molecular weight excluding hydrogens is 628 g/mol. The van der Waals surface area contributed by atoms with E-state index in [9.17, 15) is 45.3 Å². The van der Waals surface area contributed by atoms with Gasteiger partial charge in [-0.15, -0.1) is 0 Å². The highest BCUT2D eigenvalue weighted by Gasteiger charge is 2.46. The minimum absolute atomic E-state index is 0.0282. The van der Waals surface area contributed by atoms with Crippen molar-refractivity contribution in [1.82, 2.24) is 0 Å². The number of phenolic OH excluding ortho intramolecular Hbond substituents is 4. The summed E-state index contributed by atoms with van der Waals surface area (Å²) in [5.74, 6) is -3.69. The number of fused-ring (bicyclic) bond motifs is 1. The maximum Gasteiger partial charge on any atom is 0.338 e. The van der Waals surface area contributed by atoms with E-state index in [0.29, 0.717) is 0 Å². The van der Waals surface area contributed by atoms with E-state index in [-0.39, 0.29) is 34.0 Å². The average molecular weight is 659 g/mol. The smallest absolute Gasteiger partial charge is 0.338 e. The Labute approximate surface area is 264 Å². The summed E-state index contributed by atoms with van der Waals surface area (Å²) in [6.07, 6.45) is -9.12. The Morgan fingerprint density at radius 2 is 1.47 bits per heavy atom. The van der Waals surface area contributed by atoms with E-state index >= 15 is 0 Å². The van der Waals surface area contributed by atoms with E-state index in [1.165, 1.54) is 39.5 Å². The van der Waals surface area contributed by atoms with Gasteiger partial charge in [0.2, 0.25) is 23.2 Å². The van der Waals surface area contributed by atoms with E-state index in [2.05, 4.69) is 0 Å². The molecule has 1 aliphatic heterocycles. The first-order valence-corrected chi connectivity index (χ1v) is 13.8. The largest absolute Gasteiger partial charge is 0.508 e. The third kappa shape index (κ3) is 6.22. The van der Waals surface area contributed by atoms with Gasteiger partial charge in [0.15, 0.2) is 28.8 Å². The molecule has 1 saturated heterocycles. The van der Waals surface area contributed by atoms with Crippen LogP contribution in [0.1, 0.15) is 10.4 Å². The summed E-state index contributed by atoms with van der Waals surface area (Å²) < 4.78 is 38.2. The van der Waals surface area contributed by atoms with Crippen LogP contribution in [0.4, 0.5) is 0 Å². The van der Waals surface area contributed by atoms with Gasteiger partial charge in [0, 0.05) is 17.7 Å². The van der Waals surface area contributed by atoms with Crippen LogP contribution < -0.4 is 24.4 Å². The lowest BCUT2D eigenvalue weighted by atomic mass is 9.99. The summed E-state index contributed by atoms with van der Waals surface area (Å²) in [7, 11) is 4.08. The number of carbonyl (C=O) groups is 1. The molecule has 1 aromatic heterocycles. The van der Waals surface area contributed by atoms with Crippen LogP contribution in [-0.2, 0) is 9.47 Å². The zero-order chi connectivity index (χ0) is 34.2. The SMILES string of the molecule is COc1cc(C(=O)OC[C@H]2O[C@@H](Oc3c(-c4ccc(O)c(O)c4)oc4cc(O)cc(O)c4c3=O)[C@H](O)[C@@H](O)[C@H]2O)cc(OC)c1OC. The Kier molecular flexibility index (Phi) is 9.21. The Morgan fingerprint density at radius 1 is 0.787 bits per heavy atom. The third-order valence-corrected chi connectivity index (χ3v) is 7.34. The van der Waals surface area contributed by atoms with Gasteiger partial charge in [0.1, 0.15) is 53.5 Å². The number of aliphatic hydroxyl groups is 3. The predicted octanol–water partition coefficient (Wildman–Crippen LogP) is 1.35. The summed E-state index contributed by atoms with van der Waals surface area (Å²) in [5, 5.41) is 71.8. The molecule has 16 nitrogen and oxygen atoms in total. The number of hydrogen-bond donors (Lipinski definition) is 7. The highest BCUT2D eigenvalue weighted by atomic mass is 16.7. The van der Waals surface area contributed by atoms with Crippen molar-refractivity contribution in [1.29, 1.82) is 0 Å². The number of ether oxygens (including phenoxy) is 6. The summed E-state index contributed by atoms with van der Waals surface area (Å²) in [5.41, 5.74) is -1.37. The van der Waals surface area contributed by atoms with Crippen LogP contribution in [0.15, 0.2) is 51.7 Å². The molecule has 2 heterocycles. The fourth-order valence-corrected chi connectivity index (χ4v) is 4.94. The standard InChI is InChI=1S/C31H30O16/c1-41-19-7-13(8-20(42-2)28(19)43-3)30(40)44-11-21-23(36)25(38)26(39)31(46-21)47-29-24(37)22-17(35)9-14(32)10-18(22)45-27(29)12-4-5-15(33)16(34)6-12/h4-10,21,23,25-26,31-36,38-39H,11H2,1-3H3/t21-,23+,25+,26-,31+/m1/s1. The van der Waals surface area contributed by atoms with E-state index < -0.39 is 88.6 Å². The molecule has 16 heteroatoms. The zero-order valence-corrected chi connectivity index (χ0v) is 24.9. The van der Waals surface area contributed by atoms with Crippen LogP contribution in [-0.4, -0.2) is 100 Å². The van der Waals surface area contributed by atoms with Gasteiger partial charge < -0.3 is 68.6 Å². The van der Waals surface area contributed by atoms with Crippen molar-refractivity contribution in [3.8, 4) is 57.3 Å². The fraction of sp³-hybridized carbons (Fsp3) is 0.290. The Balaban J connectivity index is 1.47. The van der Waals surface area contributed by atoms with Crippen molar-refractivity contribution in [3.05, 3.63) is 58.3 Å². The fourth-order valence-electron chi connectivity index (χ4n) is 4.94. The molecule has 0 saturated carbocycles. The molecule has 5 rings (SSSR count). The normalized spacial score (nSPS) is 20.9. The van der Waals surface area contributed by atoms with Gasteiger partial charge in [-0.05, 0) is 30.3 Å². The topological polar surface area (TPSA) is 244 Å². The highest BCUT2D eigenvalue weighted by molar-refractivity contribution is 5.91. The summed E-state index contributed by atoms with van der Waals surface area (Å²) in [6, 6.07) is 7.91. The molecule has 0 spiro atoms. The third-order valence-electron chi connectivity index (χ3n) is 7.34. The lowest BCUT2D eigenvalue weighted by molar-refractivity contribution is -0.277. The minimum Gasteiger partial charge on any atom is -0.508 e. The molecule has 3 aromatic carbocycles. The second-order valence-corrected chi connectivity index (χ2v) is 10.3. The molecule has 0 radical (unpaired) electrons. The zero-order valence-electron chi connectivity index (χ0n) is 24.9. The van der Waals surface area contributed by atoms with Gasteiger partial charge in [-0.1, -0.05) is 0 Å². The first kappa shape index (κ1) is 33.0. The quantitative estimate of drug-likeness (QED) is 0.0991. The molecule has 7 N–H and O–H groups in total. The summed E-state index contributed by atoms with van der Waals surface area (Å²) in [6.45, 7) is -0.675. The van der Waals surface area contributed by atoms with Gasteiger partial charge in [0.25, 0.3) is 0 Å². The van der Waals surface area contributed by atoms with E-state index in [1.807, 2.05) is 0 Å². The molecule has 47 heavy (non-hydrogen) atoms.